The maximum atomic E-state index is 13.0. The zero-order chi connectivity index (χ0) is 20.0. The summed E-state index contributed by atoms with van der Waals surface area (Å²) in [5, 5.41) is 14.7. The molecule has 3 heterocycles. The number of nitrogens with one attached hydrogen (secondary N) is 2. The second-order valence-corrected chi connectivity index (χ2v) is 7.20. The zero-order valence-corrected chi connectivity index (χ0v) is 16.1. The van der Waals surface area contributed by atoms with Gasteiger partial charge in [-0.2, -0.15) is 10.2 Å². The molecule has 29 heavy (non-hydrogen) atoms. The number of hydrogen-bond donors (Lipinski definition) is 2. The van der Waals surface area contributed by atoms with E-state index in [0.29, 0.717) is 28.6 Å². The van der Waals surface area contributed by atoms with Gasteiger partial charge in [0.15, 0.2) is 11.5 Å². The van der Waals surface area contributed by atoms with Gasteiger partial charge in [0.1, 0.15) is 11.9 Å². The Labute approximate surface area is 166 Å². The minimum absolute atomic E-state index is 0.256. The Balaban J connectivity index is 1.47. The predicted octanol–water partition coefficient (Wildman–Crippen LogP) is 2.70. The first-order valence-electron chi connectivity index (χ1n) is 9.45. The maximum absolute atomic E-state index is 13.0. The zero-order valence-electron chi connectivity index (χ0n) is 16.1. The van der Waals surface area contributed by atoms with Crippen LogP contribution in [0, 0.1) is 0 Å². The summed E-state index contributed by atoms with van der Waals surface area (Å²) in [5.74, 6) is 0.840. The Morgan fingerprint density at radius 3 is 2.76 bits per heavy atom. The Morgan fingerprint density at radius 2 is 2.03 bits per heavy atom. The molecule has 9 heteroatoms. The van der Waals surface area contributed by atoms with Gasteiger partial charge in [0.05, 0.1) is 6.20 Å². The third kappa shape index (κ3) is 3.31. The summed E-state index contributed by atoms with van der Waals surface area (Å²) in [6, 6.07) is 7.62. The van der Waals surface area contributed by atoms with Gasteiger partial charge in [-0.05, 0) is 37.1 Å². The fourth-order valence-electron chi connectivity index (χ4n) is 3.29. The van der Waals surface area contributed by atoms with Crippen molar-refractivity contribution in [3.05, 3.63) is 54.2 Å². The van der Waals surface area contributed by atoms with E-state index in [2.05, 4.69) is 30.8 Å². The smallest absolute Gasteiger partial charge is 0.261 e. The highest BCUT2D eigenvalue weighted by Crippen LogP contribution is 2.39. The van der Waals surface area contributed by atoms with Crippen LogP contribution in [0.1, 0.15) is 34.8 Å². The summed E-state index contributed by atoms with van der Waals surface area (Å²) in [6.07, 6.45) is 7.36. The molecule has 5 rings (SSSR count). The van der Waals surface area contributed by atoms with Gasteiger partial charge >= 0.3 is 0 Å². The van der Waals surface area contributed by atoms with Crippen molar-refractivity contribution in [2.75, 3.05) is 17.7 Å². The number of nitrogens with zero attached hydrogens (tertiary/aromatic N) is 6. The molecule has 9 nitrogen and oxygen atoms in total. The standard InChI is InChI=1S/C20H20N8O/c1-21-14-7-13(18-22-11-27(2)26-18)8-15(9-14)24-20(29)16-10-23-28-6-5-17(12-3-4-12)25-19(16)28/h5-12,21H,3-4H2,1-2H3,(H,24,29). The Morgan fingerprint density at radius 1 is 1.21 bits per heavy atom. The summed E-state index contributed by atoms with van der Waals surface area (Å²) in [6.45, 7) is 0. The molecule has 0 saturated heterocycles. The molecule has 1 aliphatic carbocycles. The number of carbonyl (C=O) groups is 1. The second-order valence-electron chi connectivity index (χ2n) is 7.20. The van der Waals surface area contributed by atoms with E-state index in [1.807, 2.05) is 44.6 Å². The molecular formula is C20H20N8O. The molecule has 146 valence electrons. The van der Waals surface area contributed by atoms with Crippen LogP contribution in [0.2, 0.25) is 0 Å². The summed E-state index contributed by atoms with van der Waals surface area (Å²) >= 11 is 0. The molecule has 3 aromatic heterocycles. The molecule has 1 fully saturated rings. The van der Waals surface area contributed by atoms with Crippen LogP contribution < -0.4 is 10.6 Å². The average Bonchev–Trinajstić information content (AvgIpc) is 3.35. The van der Waals surface area contributed by atoms with Crippen molar-refractivity contribution >= 4 is 22.9 Å². The molecule has 0 spiro atoms. The molecule has 2 N–H and O–H groups in total. The molecule has 1 amide bonds. The number of rotatable bonds is 5. The molecule has 1 saturated carbocycles. The molecule has 1 aliphatic rings. The van der Waals surface area contributed by atoms with Crippen LogP contribution in [0.15, 0.2) is 43.0 Å². The summed E-state index contributed by atoms with van der Waals surface area (Å²) < 4.78 is 3.27. The van der Waals surface area contributed by atoms with Gasteiger partial charge in [-0.3, -0.25) is 9.48 Å². The van der Waals surface area contributed by atoms with Crippen molar-refractivity contribution in [2.24, 2.45) is 7.05 Å². The van der Waals surface area contributed by atoms with Gasteiger partial charge in [-0.25, -0.2) is 14.5 Å². The van der Waals surface area contributed by atoms with E-state index in [9.17, 15) is 4.79 Å². The molecule has 4 aromatic rings. The summed E-state index contributed by atoms with van der Waals surface area (Å²) in [4.78, 5) is 21.9. The number of aryl methyl sites for hydroxylation is 1. The van der Waals surface area contributed by atoms with Gasteiger partial charge in [-0.15, -0.1) is 0 Å². The third-order valence-corrected chi connectivity index (χ3v) is 4.97. The molecule has 0 atom stereocenters. The third-order valence-electron chi connectivity index (χ3n) is 4.97. The fraction of sp³-hybridized carbons (Fsp3) is 0.250. The number of fused-ring (bicyclic) bond motifs is 1. The van der Waals surface area contributed by atoms with Gasteiger partial charge in [0.25, 0.3) is 5.91 Å². The van der Waals surface area contributed by atoms with Crippen LogP contribution in [0.5, 0.6) is 0 Å². The highest BCUT2D eigenvalue weighted by Gasteiger charge is 2.26. The lowest BCUT2D eigenvalue weighted by Gasteiger charge is -2.09. The van der Waals surface area contributed by atoms with Crippen LogP contribution in [-0.2, 0) is 7.05 Å². The number of amides is 1. The maximum Gasteiger partial charge on any atom is 0.261 e. The lowest BCUT2D eigenvalue weighted by molar-refractivity contribution is 0.102. The summed E-state index contributed by atoms with van der Waals surface area (Å²) in [7, 11) is 3.64. The van der Waals surface area contributed by atoms with Crippen molar-refractivity contribution in [2.45, 2.75) is 18.8 Å². The number of hydrogen-bond acceptors (Lipinski definition) is 6. The lowest BCUT2D eigenvalue weighted by Crippen LogP contribution is -2.12. The van der Waals surface area contributed by atoms with E-state index in [4.69, 9.17) is 0 Å². The highest BCUT2D eigenvalue weighted by molar-refractivity contribution is 6.08. The van der Waals surface area contributed by atoms with Crippen molar-refractivity contribution < 1.29 is 4.79 Å². The van der Waals surface area contributed by atoms with Gasteiger partial charge < -0.3 is 10.6 Å². The van der Waals surface area contributed by atoms with Crippen molar-refractivity contribution in [1.29, 1.82) is 0 Å². The van der Waals surface area contributed by atoms with Gasteiger partial charge in [0, 0.05) is 48.8 Å². The largest absolute Gasteiger partial charge is 0.388 e. The van der Waals surface area contributed by atoms with Crippen molar-refractivity contribution in [1.82, 2.24) is 29.4 Å². The van der Waals surface area contributed by atoms with E-state index < -0.39 is 0 Å². The van der Waals surface area contributed by atoms with Gasteiger partial charge in [-0.1, -0.05) is 0 Å². The minimum Gasteiger partial charge on any atom is -0.388 e. The normalized spacial score (nSPS) is 13.6. The van der Waals surface area contributed by atoms with Crippen LogP contribution in [0.25, 0.3) is 17.0 Å². The van der Waals surface area contributed by atoms with E-state index in [-0.39, 0.29) is 5.91 Å². The number of aromatic nitrogens is 6. The Kier molecular flexibility index (Phi) is 4.01. The van der Waals surface area contributed by atoms with Crippen LogP contribution >= 0.6 is 0 Å². The van der Waals surface area contributed by atoms with E-state index in [1.165, 1.54) is 0 Å². The van der Waals surface area contributed by atoms with Crippen LogP contribution in [-0.4, -0.2) is 42.3 Å². The van der Waals surface area contributed by atoms with Crippen LogP contribution in [0.4, 0.5) is 11.4 Å². The van der Waals surface area contributed by atoms with E-state index in [0.717, 1.165) is 29.8 Å². The topological polar surface area (TPSA) is 102 Å². The molecule has 0 aliphatic heterocycles. The Hall–Kier alpha value is -3.75. The lowest BCUT2D eigenvalue weighted by atomic mass is 10.1. The average molecular weight is 388 g/mol. The molecule has 0 unspecified atom stereocenters. The minimum atomic E-state index is -0.256. The first kappa shape index (κ1) is 17.4. The monoisotopic (exact) mass is 388 g/mol. The first-order chi connectivity index (χ1) is 14.1. The number of benzene rings is 1. The Bertz CT molecular complexity index is 1220. The summed E-state index contributed by atoms with van der Waals surface area (Å²) in [5.41, 5.74) is 4.33. The van der Waals surface area contributed by atoms with Gasteiger partial charge in [0.2, 0.25) is 0 Å². The number of anilines is 2. The molecular weight excluding hydrogens is 368 g/mol. The van der Waals surface area contributed by atoms with Crippen molar-refractivity contribution in [3.8, 4) is 11.4 Å². The SMILES string of the molecule is CNc1cc(NC(=O)c2cnn3ccc(C4CC4)nc23)cc(-c2ncn(C)n2)c1. The molecule has 1 aromatic carbocycles. The first-order valence-corrected chi connectivity index (χ1v) is 9.45. The fourth-order valence-corrected chi connectivity index (χ4v) is 3.29. The molecule has 0 radical (unpaired) electrons. The molecule has 0 bridgehead atoms. The predicted molar refractivity (Wildman–Crippen MR) is 109 cm³/mol. The van der Waals surface area contributed by atoms with Crippen molar-refractivity contribution in [3.63, 3.8) is 0 Å². The van der Waals surface area contributed by atoms with E-state index >= 15 is 0 Å². The number of carbonyl (C=O) groups excluding carboxylic acids is 1. The van der Waals surface area contributed by atoms with E-state index in [1.54, 1.807) is 21.7 Å². The highest BCUT2D eigenvalue weighted by atomic mass is 16.1. The van der Waals surface area contributed by atoms with Crippen LogP contribution in [0.3, 0.4) is 0 Å². The quantitative estimate of drug-likeness (QED) is 0.545. The second kappa shape index (κ2) is 6.69.